The highest BCUT2D eigenvalue weighted by atomic mass is 35.5. The molecule has 0 saturated heterocycles. The van der Waals surface area contributed by atoms with Crippen LogP contribution in [0.3, 0.4) is 0 Å². The van der Waals surface area contributed by atoms with Crippen molar-refractivity contribution in [1.82, 2.24) is 19.7 Å². The predicted octanol–water partition coefficient (Wildman–Crippen LogP) is 3.29. The van der Waals surface area contributed by atoms with Gasteiger partial charge < -0.3 is 4.52 Å². The topological polar surface area (TPSA) is 73.8 Å². The van der Waals surface area contributed by atoms with Crippen LogP contribution in [0.4, 0.5) is 4.39 Å². The first-order valence-electron chi connectivity index (χ1n) is 7.33. The maximum Gasteiger partial charge on any atom is 0.261 e. The van der Waals surface area contributed by atoms with Crippen LogP contribution in [0.2, 0.25) is 5.02 Å². The van der Waals surface area contributed by atoms with Gasteiger partial charge in [0.2, 0.25) is 11.7 Å². The van der Waals surface area contributed by atoms with E-state index >= 15 is 0 Å². The minimum atomic E-state index is -0.393. The van der Waals surface area contributed by atoms with Crippen LogP contribution >= 0.6 is 11.6 Å². The summed E-state index contributed by atoms with van der Waals surface area (Å²) in [7, 11) is 0. The molecule has 0 aliphatic carbocycles. The zero-order valence-corrected chi connectivity index (χ0v) is 13.4. The second-order valence-electron chi connectivity index (χ2n) is 5.36. The van der Waals surface area contributed by atoms with Crippen molar-refractivity contribution < 1.29 is 8.91 Å². The molecule has 6 nitrogen and oxygen atoms in total. The molecule has 0 radical (unpaired) electrons. The Kier molecular flexibility index (Phi) is 3.77. The average Bonchev–Trinajstić information content (AvgIpc) is 3.07. The van der Waals surface area contributed by atoms with Crippen LogP contribution in [-0.2, 0) is 6.54 Å². The van der Waals surface area contributed by atoms with Gasteiger partial charge in [-0.05, 0) is 30.3 Å². The fourth-order valence-corrected chi connectivity index (χ4v) is 2.63. The van der Waals surface area contributed by atoms with Gasteiger partial charge in [-0.1, -0.05) is 28.9 Å². The van der Waals surface area contributed by atoms with Crippen LogP contribution in [0.5, 0.6) is 0 Å². The Morgan fingerprint density at radius 3 is 2.92 bits per heavy atom. The van der Waals surface area contributed by atoms with Crippen molar-refractivity contribution in [2.75, 3.05) is 0 Å². The molecule has 2 aromatic carbocycles. The highest BCUT2D eigenvalue weighted by Crippen LogP contribution is 2.17. The highest BCUT2D eigenvalue weighted by Gasteiger charge is 2.12. The van der Waals surface area contributed by atoms with E-state index < -0.39 is 5.82 Å². The van der Waals surface area contributed by atoms with E-state index in [4.69, 9.17) is 16.1 Å². The third-order valence-electron chi connectivity index (χ3n) is 3.64. The van der Waals surface area contributed by atoms with Crippen LogP contribution in [0.1, 0.15) is 5.89 Å². The molecule has 4 rings (SSSR count). The second kappa shape index (κ2) is 6.10. The van der Waals surface area contributed by atoms with Crippen LogP contribution in [0.25, 0.3) is 22.3 Å². The van der Waals surface area contributed by atoms with Gasteiger partial charge in [-0.15, -0.1) is 0 Å². The first-order chi connectivity index (χ1) is 12.1. The van der Waals surface area contributed by atoms with Crippen LogP contribution in [0.15, 0.2) is 58.1 Å². The minimum absolute atomic E-state index is 0.0522. The van der Waals surface area contributed by atoms with E-state index in [-0.39, 0.29) is 23.8 Å². The zero-order chi connectivity index (χ0) is 17.4. The van der Waals surface area contributed by atoms with E-state index in [1.165, 1.54) is 23.0 Å². The molecule has 0 bridgehead atoms. The number of halogens is 2. The predicted molar refractivity (Wildman–Crippen MR) is 89.8 cm³/mol. The third-order valence-corrected chi connectivity index (χ3v) is 3.88. The summed E-state index contributed by atoms with van der Waals surface area (Å²) >= 11 is 5.94. The molecular formula is C17H10ClFN4O2. The SMILES string of the molecule is O=c1c2cc(Cl)ccc2ncn1Cc1nc(-c2cccc(F)c2)no1. The lowest BCUT2D eigenvalue weighted by atomic mass is 10.2. The van der Waals surface area contributed by atoms with Gasteiger partial charge in [0.1, 0.15) is 12.4 Å². The quantitative estimate of drug-likeness (QED) is 0.563. The van der Waals surface area contributed by atoms with E-state index in [1.54, 1.807) is 30.3 Å². The van der Waals surface area contributed by atoms with E-state index in [0.29, 0.717) is 21.5 Å². The van der Waals surface area contributed by atoms with Crippen molar-refractivity contribution in [3.8, 4) is 11.4 Å². The summed E-state index contributed by atoms with van der Waals surface area (Å²) in [6, 6.07) is 10.8. The lowest BCUT2D eigenvalue weighted by Crippen LogP contribution is -2.21. The third kappa shape index (κ3) is 3.01. The Balaban J connectivity index is 1.68. The molecular weight excluding hydrogens is 347 g/mol. The van der Waals surface area contributed by atoms with E-state index in [0.717, 1.165) is 0 Å². The van der Waals surface area contributed by atoms with Crippen LogP contribution in [0, 0.1) is 5.82 Å². The molecule has 0 saturated carbocycles. The smallest absolute Gasteiger partial charge is 0.261 e. The molecule has 0 amide bonds. The Hall–Kier alpha value is -3.06. The molecule has 2 aromatic heterocycles. The zero-order valence-electron chi connectivity index (χ0n) is 12.7. The van der Waals surface area contributed by atoms with E-state index in [2.05, 4.69) is 15.1 Å². The van der Waals surface area contributed by atoms with Crippen molar-refractivity contribution in [2.45, 2.75) is 6.54 Å². The Morgan fingerprint density at radius 1 is 1.20 bits per heavy atom. The number of fused-ring (bicyclic) bond motifs is 1. The van der Waals surface area contributed by atoms with Crippen molar-refractivity contribution in [3.63, 3.8) is 0 Å². The maximum absolute atomic E-state index is 13.3. The molecule has 8 heteroatoms. The molecule has 0 unspecified atom stereocenters. The summed E-state index contributed by atoms with van der Waals surface area (Å²) in [6.45, 7) is 0.0522. The van der Waals surface area contributed by atoms with Gasteiger partial charge in [-0.2, -0.15) is 4.98 Å². The summed E-state index contributed by atoms with van der Waals surface area (Å²) in [6.07, 6.45) is 1.41. The van der Waals surface area contributed by atoms with Gasteiger partial charge in [-0.3, -0.25) is 9.36 Å². The lowest BCUT2D eigenvalue weighted by Gasteiger charge is -2.03. The van der Waals surface area contributed by atoms with Gasteiger partial charge >= 0.3 is 0 Å². The van der Waals surface area contributed by atoms with Crippen molar-refractivity contribution >= 4 is 22.5 Å². The van der Waals surface area contributed by atoms with Crippen LogP contribution < -0.4 is 5.56 Å². The summed E-state index contributed by atoms with van der Waals surface area (Å²) in [4.78, 5) is 20.9. The molecule has 25 heavy (non-hydrogen) atoms. The van der Waals surface area contributed by atoms with Crippen molar-refractivity contribution in [2.24, 2.45) is 0 Å². The fourth-order valence-electron chi connectivity index (χ4n) is 2.45. The molecule has 2 heterocycles. The van der Waals surface area contributed by atoms with Crippen molar-refractivity contribution in [3.05, 3.63) is 75.9 Å². The molecule has 0 spiro atoms. The van der Waals surface area contributed by atoms with Gasteiger partial charge in [0.25, 0.3) is 5.56 Å². The number of rotatable bonds is 3. The first-order valence-corrected chi connectivity index (χ1v) is 7.71. The highest BCUT2D eigenvalue weighted by molar-refractivity contribution is 6.31. The van der Waals surface area contributed by atoms with Gasteiger partial charge in [0, 0.05) is 10.6 Å². The summed E-state index contributed by atoms with van der Waals surface area (Å²) in [5.41, 5.74) is 0.778. The molecule has 124 valence electrons. The molecule has 4 aromatic rings. The first kappa shape index (κ1) is 15.5. The fraction of sp³-hybridized carbons (Fsp3) is 0.0588. The summed E-state index contributed by atoms with van der Waals surface area (Å²) in [5.74, 6) is 0.0690. The molecule has 0 aliphatic heterocycles. The van der Waals surface area contributed by atoms with Crippen molar-refractivity contribution in [1.29, 1.82) is 0 Å². The van der Waals surface area contributed by atoms with Gasteiger partial charge in [-0.25, -0.2) is 9.37 Å². The number of nitrogens with zero attached hydrogens (tertiary/aromatic N) is 4. The van der Waals surface area contributed by atoms with Gasteiger partial charge in [0.05, 0.1) is 17.2 Å². The maximum atomic E-state index is 13.3. The Morgan fingerprint density at radius 2 is 2.08 bits per heavy atom. The number of hydrogen-bond donors (Lipinski definition) is 0. The normalized spacial score (nSPS) is 11.1. The average molecular weight is 357 g/mol. The number of benzene rings is 2. The van der Waals surface area contributed by atoms with E-state index in [1.807, 2.05) is 0 Å². The Bertz CT molecular complexity index is 1140. The molecule has 0 atom stereocenters. The second-order valence-corrected chi connectivity index (χ2v) is 5.80. The summed E-state index contributed by atoms with van der Waals surface area (Å²) in [5, 5.41) is 4.68. The summed E-state index contributed by atoms with van der Waals surface area (Å²) < 4.78 is 19.8. The lowest BCUT2D eigenvalue weighted by molar-refractivity contribution is 0.369. The standard InChI is InChI=1S/C17H10ClFN4O2/c18-11-4-5-14-13(7-11)17(24)23(9-20-14)8-15-21-16(22-25-15)10-2-1-3-12(19)6-10/h1-7,9H,8H2. The number of aromatic nitrogens is 4. The van der Waals surface area contributed by atoms with Crippen LogP contribution in [-0.4, -0.2) is 19.7 Å². The Labute approximate surface area is 145 Å². The largest absolute Gasteiger partial charge is 0.337 e. The number of hydrogen-bond acceptors (Lipinski definition) is 5. The molecule has 0 aliphatic rings. The minimum Gasteiger partial charge on any atom is -0.337 e. The molecule has 0 fully saturated rings. The van der Waals surface area contributed by atoms with E-state index in [9.17, 15) is 9.18 Å². The monoisotopic (exact) mass is 356 g/mol. The molecule has 0 N–H and O–H groups in total. The van der Waals surface area contributed by atoms with Gasteiger partial charge in [0.15, 0.2) is 0 Å².